The van der Waals surface area contributed by atoms with Gasteiger partial charge in [0, 0.05) is 16.5 Å². The van der Waals surface area contributed by atoms with E-state index in [0.717, 1.165) is 12.1 Å². The average molecular weight is 357 g/mol. The second-order valence-electron chi connectivity index (χ2n) is 5.80. The molecule has 0 bridgehead atoms. The number of aromatic nitrogens is 1. The molecular weight excluding hydrogens is 343 g/mol. The molecule has 1 heterocycles. The number of Topliss-reactive ketones (excluding diaryl/α,β-unsaturated/α-hetero) is 1. The molecule has 132 valence electrons. The van der Waals surface area contributed by atoms with Gasteiger partial charge in [0.05, 0.1) is 11.1 Å². The minimum absolute atomic E-state index is 0.0202. The zero-order chi connectivity index (χ0) is 18.9. The van der Waals surface area contributed by atoms with Crippen LogP contribution in [0.4, 0.5) is 13.2 Å². The lowest BCUT2D eigenvalue weighted by atomic mass is 9.99. The van der Waals surface area contributed by atoms with Crippen LogP contribution in [0.25, 0.3) is 23.1 Å². The van der Waals surface area contributed by atoms with Crippen LogP contribution in [0.5, 0.6) is 0 Å². The van der Waals surface area contributed by atoms with E-state index in [1.54, 1.807) is 36.4 Å². The zero-order valence-corrected chi connectivity index (χ0v) is 13.7. The third-order valence-corrected chi connectivity index (χ3v) is 3.99. The Labute approximate surface area is 146 Å². The fourth-order valence-corrected chi connectivity index (χ4v) is 2.75. The smallest absolute Gasteiger partial charge is 0.321 e. The highest BCUT2D eigenvalue weighted by Gasteiger charge is 2.29. The van der Waals surface area contributed by atoms with Gasteiger partial charge >= 0.3 is 6.18 Å². The number of halogens is 3. The van der Waals surface area contributed by atoms with E-state index in [4.69, 9.17) is 0 Å². The van der Waals surface area contributed by atoms with E-state index in [1.807, 2.05) is 0 Å². The summed E-state index contributed by atoms with van der Waals surface area (Å²) in [7, 11) is 0. The monoisotopic (exact) mass is 357 g/mol. The van der Waals surface area contributed by atoms with Crippen molar-refractivity contribution in [2.24, 2.45) is 0 Å². The van der Waals surface area contributed by atoms with Gasteiger partial charge in [-0.25, -0.2) is 0 Å². The maximum Gasteiger partial charge on any atom is 0.416 e. The van der Waals surface area contributed by atoms with Crippen molar-refractivity contribution in [3.05, 3.63) is 81.1 Å². The summed E-state index contributed by atoms with van der Waals surface area (Å²) < 4.78 is 37.9. The van der Waals surface area contributed by atoms with Gasteiger partial charge in [-0.1, -0.05) is 42.5 Å². The molecule has 6 heteroatoms. The van der Waals surface area contributed by atoms with Crippen molar-refractivity contribution in [1.82, 2.24) is 4.98 Å². The number of carbonyl (C=O) groups is 1. The first-order valence-electron chi connectivity index (χ1n) is 7.78. The summed E-state index contributed by atoms with van der Waals surface area (Å²) >= 11 is 0. The lowest BCUT2D eigenvalue weighted by Crippen LogP contribution is -2.18. The Bertz CT molecular complexity index is 1060. The Balaban J connectivity index is 2.10. The van der Waals surface area contributed by atoms with E-state index in [1.165, 1.54) is 19.1 Å². The van der Waals surface area contributed by atoms with Crippen molar-refractivity contribution in [2.45, 2.75) is 13.1 Å². The number of carbonyl (C=O) groups excluding carboxylic acids is 1. The van der Waals surface area contributed by atoms with Gasteiger partial charge in [-0.3, -0.25) is 9.59 Å². The third kappa shape index (κ3) is 3.44. The molecule has 0 fully saturated rings. The van der Waals surface area contributed by atoms with Crippen LogP contribution in [0.3, 0.4) is 0 Å². The predicted octanol–water partition coefficient (Wildman–Crippen LogP) is 4.92. The molecule has 0 spiro atoms. The number of aromatic amines is 1. The Morgan fingerprint density at radius 1 is 1.00 bits per heavy atom. The van der Waals surface area contributed by atoms with E-state index < -0.39 is 17.3 Å². The number of hydrogen-bond acceptors (Lipinski definition) is 2. The van der Waals surface area contributed by atoms with Crippen LogP contribution in [0.1, 0.15) is 34.0 Å². The summed E-state index contributed by atoms with van der Waals surface area (Å²) in [4.78, 5) is 26.8. The van der Waals surface area contributed by atoms with Gasteiger partial charge in [0.2, 0.25) is 0 Å². The SMILES string of the molecule is CC(=O)c1c(/C=C/c2ccc(C(F)(F)F)cc2)c2ccccc2[nH]c1=O. The average Bonchev–Trinajstić information content (AvgIpc) is 2.58. The molecule has 1 N–H and O–H groups in total. The molecule has 2 aromatic carbocycles. The molecule has 3 rings (SSSR count). The maximum atomic E-state index is 12.6. The standard InChI is InChI=1S/C20H14F3NO2/c1-12(25)18-16(15-4-2-3-5-17(15)24-19(18)26)11-8-13-6-9-14(10-7-13)20(21,22)23/h2-11H,1H3,(H,24,26)/b11-8+. The molecule has 0 saturated heterocycles. The summed E-state index contributed by atoms with van der Waals surface area (Å²) in [5.41, 5.74) is 0.332. The van der Waals surface area contributed by atoms with Crippen molar-refractivity contribution in [3.63, 3.8) is 0 Å². The van der Waals surface area contributed by atoms with Crippen LogP contribution in [-0.4, -0.2) is 10.8 Å². The normalized spacial score (nSPS) is 12.0. The van der Waals surface area contributed by atoms with E-state index in [0.29, 0.717) is 22.0 Å². The number of alkyl halides is 3. The van der Waals surface area contributed by atoms with Crippen LogP contribution in [0.15, 0.2) is 53.3 Å². The second kappa shape index (κ2) is 6.63. The van der Waals surface area contributed by atoms with Crippen LogP contribution in [-0.2, 0) is 6.18 Å². The van der Waals surface area contributed by atoms with Gasteiger partial charge in [-0.2, -0.15) is 13.2 Å². The molecule has 0 saturated carbocycles. The molecule has 0 aliphatic carbocycles. The Morgan fingerprint density at radius 2 is 1.65 bits per heavy atom. The van der Waals surface area contributed by atoms with Crippen LogP contribution in [0.2, 0.25) is 0 Å². The van der Waals surface area contributed by atoms with Crippen molar-refractivity contribution in [1.29, 1.82) is 0 Å². The second-order valence-corrected chi connectivity index (χ2v) is 5.80. The molecular formula is C20H14F3NO2. The van der Waals surface area contributed by atoms with E-state index in [-0.39, 0.29) is 11.3 Å². The number of rotatable bonds is 3. The van der Waals surface area contributed by atoms with Crippen molar-refractivity contribution in [2.75, 3.05) is 0 Å². The molecule has 3 aromatic rings. The van der Waals surface area contributed by atoms with Crippen molar-refractivity contribution in [3.8, 4) is 0 Å². The molecule has 0 atom stereocenters. The first kappa shape index (κ1) is 17.7. The number of fused-ring (bicyclic) bond motifs is 1. The van der Waals surface area contributed by atoms with Gasteiger partial charge in [0.15, 0.2) is 5.78 Å². The highest BCUT2D eigenvalue weighted by Crippen LogP contribution is 2.29. The van der Waals surface area contributed by atoms with Crippen LogP contribution < -0.4 is 5.56 Å². The van der Waals surface area contributed by atoms with Gasteiger partial charge < -0.3 is 4.98 Å². The lowest BCUT2D eigenvalue weighted by Gasteiger charge is -2.08. The summed E-state index contributed by atoms with van der Waals surface area (Å²) in [5, 5.41) is 0.681. The van der Waals surface area contributed by atoms with E-state index in [2.05, 4.69) is 4.98 Å². The fraction of sp³-hybridized carbons (Fsp3) is 0.100. The number of ketones is 1. The Morgan fingerprint density at radius 3 is 2.27 bits per heavy atom. The molecule has 0 unspecified atom stereocenters. The number of pyridine rings is 1. The molecule has 0 aliphatic heterocycles. The van der Waals surface area contributed by atoms with Crippen LogP contribution in [0, 0.1) is 0 Å². The highest BCUT2D eigenvalue weighted by molar-refractivity contribution is 6.04. The number of para-hydroxylation sites is 1. The predicted molar refractivity (Wildman–Crippen MR) is 94.9 cm³/mol. The highest BCUT2D eigenvalue weighted by atomic mass is 19.4. The molecule has 1 aromatic heterocycles. The minimum atomic E-state index is -4.40. The minimum Gasteiger partial charge on any atom is -0.321 e. The topological polar surface area (TPSA) is 49.9 Å². The van der Waals surface area contributed by atoms with Crippen LogP contribution >= 0.6 is 0 Å². The first-order valence-corrected chi connectivity index (χ1v) is 7.78. The molecule has 26 heavy (non-hydrogen) atoms. The fourth-order valence-electron chi connectivity index (χ4n) is 2.75. The summed E-state index contributed by atoms with van der Waals surface area (Å²) in [6.07, 6.45) is -1.24. The van der Waals surface area contributed by atoms with Crippen molar-refractivity contribution >= 4 is 28.8 Å². The Kier molecular flexibility index (Phi) is 4.50. The Hall–Kier alpha value is -3.15. The molecule has 0 radical (unpaired) electrons. The quantitative estimate of drug-likeness (QED) is 0.677. The molecule has 0 amide bonds. The lowest BCUT2D eigenvalue weighted by molar-refractivity contribution is -0.137. The van der Waals surface area contributed by atoms with Gasteiger partial charge in [-0.05, 0) is 30.7 Å². The first-order chi connectivity index (χ1) is 12.3. The summed E-state index contributed by atoms with van der Waals surface area (Å²) in [5.74, 6) is -0.385. The van der Waals surface area contributed by atoms with Crippen molar-refractivity contribution < 1.29 is 18.0 Å². The van der Waals surface area contributed by atoms with Gasteiger partial charge in [-0.15, -0.1) is 0 Å². The number of hydrogen-bond donors (Lipinski definition) is 1. The number of nitrogens with one attached hydrogen (secondary N) is 1. The largest absolute Gasteiger partial charge is 0.416 e. The van der Waals surface area contributed by atoms with Gasteiger partial charge in [0.1, 0.15) is 0 Å². The third-order valence-electron chi connectivity index (χ3n) is 3.99. The zero-order valence-electron chi connectivity index (χ0n) is 13.7. The van der Waals surface area contributed by atoms with E-state index in [9.17, 15) is 22.8 Å². The maximum absolute atomic E-state index is 12.6. The molecule has 0 aliphatic rings. The van der Waals surface area contributed by atoms with E-state index >= 15 is 0 Å². The molecule has 3 nitrogen and oxygen atoms in total. The summed E-state index contributed by atoms with van der Waals surface area (Å²) in [6.45, 7) is 1.30. The number of benzene rings is 2. The summed E-state index contributed by atoms with van der Waals surface area (Å²) in [6, 6.07) is 11.7. The number of H-pyrrole nitrogens is 1. The van der Waals surface area contributed by atoms with Gasteiger partial charge in [0.25, 0.3) is 5.56 Å².